The first kappa shape index (κ1) is 20.1. The van der Waals surface area contributed by atoms with Crippen molar-refractivity contribution < 1.29 is 14.3 Å². The lowest BCUT2D eigenvalue weighted by atomic mass is 10.1. The zero-order valence-electron chi connectivity index (χ0n) is 15.5. The molecule has 1 aliphatic heterocycles. The van der Waals surface area contributed by atoms with Gasteiger partial charge in [0.15, 0.2) is 0 Å². The monoisotopic (exact) mass is 448 g/mol. The van der Waals surface area contributed by atoms with Gasteiger partial charge in [-0.2, -0.15) is 4.68 Å². The van der Waals surface area contributed by atoms with E-state index in [9.17, 15) is 14.4 Å². The molecular weight excluding hydrogens is 428 g/mol. The third kappa shape index (κ3) is 4.41. The van der Waals surface area contributed by atoms with Gasteiger partial charge in [0.05, 0.1) is 12.8 Å². The van der Waals surface area contributed by atoms with Crippen LogP contribution in [0.25, 0.3) is 0 Å². The summed E-state index contributed by atoms with van der Waals surface area (Å²) >= 11 is 3.32. The lowest BCUT2D eigenvalue weighted by Crippen LogP contribution is -2.43. The van der Waals surface area contributed by atoms with E-state index in [2.05, 4.69) is 26.3 Å². The Balaban J connectivity index is 2.00. The van der Waals surface area contributed by atoms with E-state index < -0.39 is 17.4 Å². The molecule has 1 aromatic heterocycles. The molecule has 1 fully saturated rings. The van der Waals surface area contributed by atoms with Crippen LogP contribution < -0.4 is 15.9 Å². The first-order valence-corrected chi connectivity index (χ1v) is 9.91. The summed E-state index contributed by atoms with van der Waals surface area (Å²) in [5, 5.41) is 0. The number of ether oxygens (including phenoxy) is 1. The van der Waals surface area contributed by atoms with Gasteiger partial charge in [-0.3, -0.25) is 15.0 Å². The van der Waals surface area contributed by atoms with Crippen molar-refractivity contribution in [2.75, 3.05) is 30.0 Å². The largest absolute Gasteiger partial charge is 0.462 e. The van der Waals surface area contributed by atoms with E-state index in [1.165, 1.54) is 6.20 Å². The van der Waals surface area contributed by atoms with Gasteiger partial charge in [-0.1, -0.05) is 15.9 Å². The van der Waals surface area contributed by atoms with E-state index >= 15 is 0 Å². The molecule has 28 heavy (non-hydrogen) atoms. The Bertz CT molecular complexity index is 921. The Morgan fingerprint density at radius 3 is 2.50 bits per heavy atom. The minimum absolute atomic E-state index is 0.136. The van der Waals surface area contributed by atoms with Gasteiger partial charge in [0.1, 0.15) is 5.56 Å². The number of nitrogens with zero attached hydrogens (tertiary/aromatic N) is 3. The first-order valence-electron chi connectivity index (χ1n) is 9.12. The molecule has 3 rings (SSSR count). The van der Waals surface area contributed by atoms with Crippen LogP contribution >= 0.6 is 15.9 Å². The van der Waals surface area contributed by atoms with Gasteiger partial charge in [-0.15, -0.1) is 0 Å². The lowest BCUT2D eigenvalue weighted by molar-refractivity contribution is 0.0522. The first-order chi connectivity index (χ1) is 13.5. The highest BCUT2D eigenvalue weighted by molar-refractivity contribution is 9.10. The van der Waals surface area contributed by atoms with Gasteiger partial charge in [0.2, 0.25) is 5.95 Å². The second kappa shape index (κ2) is 9.01. The second-order valence-electron chi connectivity index (χ2n) is 6.33. The number of carbonyl (C=O) groups is 2. The van der Waals surface area contributed by atoms with Crippen LogP contribution in [-0.2, 0) is 4.74 Å². The van der Waals surface area contributed by atoms with Crippen LogP contribution in [0, 0.1) is 0 Å². The van der Waals surface area contributed by atoms with Gasteiger partial charge in [0, 0.05) is 23.1 Å². The van der Waals surface area contributed by atoms with Crippen LogP contribution in [0.15, 0.2) is 39.7 Å². The molecule has 1 aromatic carbocycles. The fourth-order valence-corrected chi connectivity index (χ4v) is 3.24. The second-order valence-corrected chi connectivity index (χ2v) is 7.24. The van der Waals surface area contributed by atoms with Gasteiger partial charge >= 0.3 is 5.97 Å². The Kier molecular flexibility index (Phi) is 6.45. The molecule has 1 saturated heterocycles. The molecule has 1 amide bonds. The number of esters is 1. The highest BCUT2D eigenvalue weighted by Gasteiger charge is 2.23. The van der Waals surface area contributed by atoms with Crippen molar-refractivity contribution in [3.63, 3.8) is 0 Å². The number of aromatic nitrogens is 2. The maximum Gasteiger partial charge on any atom is 0.345 e. The van der Waals surface area contributed by atoms with E-state index in [0.717, 1.165) is 41.5 Å². The summed E-state index contributed by atoms with van der Waals surface area (Å²) in [4.78, 5) is 43.9. The molecule has 0 aliphatic carbocycles. The molecule has 8 nitrogen and oxygen atoms in total. The topological polar surface area (TPSA) is 93.5 Å². The smallest absolute Gasteiger partial charge is 0.345 e. The molecule has 0 radical (unpaired) electrons. The maximum absolute atomic E-state index is 12.9. The summed E-state index contributed by atoms with van der Waals surface area (Å²) in [6, 6.07) is 6.73. The predicted molar refractivity (Wildman–Crippen MR) is 108 cm³/mol. The average molecular weight is 449 g/mol. The molecule has 9 heteroatoms. The molecule has 148 valence electrons. The van der Waals surface area contributed by atoms with Crippen molar-refractivity contribution in [1.29, 1.82) is 0 Å². The number of halogens is 1. The Labute approximate surface area is 170 Å². The molecule has 0 unspecified atom stereocenters. The highest BCUT2D eigenvalue weighted by Crippen LogP contribution is 2.17. The number of hydrogen-bond donors (Lipinski definition) is 1. The summed E-state index contributed by atoms with van der Waals surface area (Å²) in [6.07, 6.45) is 4.26. The number of amides is 1. The van der Waals surface area contributed by atoms with Gasteiger partial charge in [0.25, 0.3) is 11.5 Å². The zero-order valence-corrected chi connectivity index (χ0v) is 17.1. The summed E-state index contributed by atoms with van der Waals surface area (Å²) in [7, 11) is 0. The van der Waals surface area contributed by atoms with Crippen LogP contribution in [0.3, 0.4) is 0 Å². The molecule has 2 heterocycles. The van der Waals surface area contributed by atoms with Crippen molar-refractivity contribution in [3.05, 3.63) is 56.4 Å². The third-order valence-electron chi connectivity index (χ3n) is 4.40. The molecule has 0 atom stereocenters. The number of carbonyl (C=O) groups excluding carboxylic acids is 2. The van der Waals surface area contributed by atoms with Crippen LogP contribution in [-0.4, -0.2) is 41.2 Å². The number of rotatable bonds is 5. The minimum Gasteiger partial charge on any atom is -0.462 e. The van der Waals surface area contributed by atoms with Crippen molar-refractivity contribution in [1.82, 2.24) is 9.66 Å². The Morgan fingerprint density at radius 1 is 1.18 bits per heavy atom. The zero-order chi connectivity index (χ0) is 20.1. The molecule has 0 spiro atoms. The number of piperidine rings is 1. The molecule has 0 saturated carbocycles. The normalized spacial score (nSPS) is 13.9. The lowest BCUT2D eigenvalue weighted by Gasteiger charge is -2.29. The molecule has 1 N–H and O–H groups in total. The van der Waals surface area contributed by atoms with Crippen molar-refractivity contribution >= 4 is 33.8 Å². The van der Waals surface area contributed by atoms with E-state index in [-0.39, 0.29) is 12.2 Å². The van der Waals surface area contributed by atoms with Crippen molar-refractivity contribution in [2.24, 2.45) is 0 Å². The number of hydrogen-bond acceptors (Lipinski definition) is 6. The van der Waals surface area contributed by atoms with Gasteiger partial charge in [-0.25, -0.2) is 9.78 Å². The molecule has 2 aromatic rings. The van der Waals surface area contributed by atoms with E-state index in [0.29, 0.717) is 11.5 Å². The van der Waals surface area contributed by atoms with Crippen molar-refractivity contribution in [3.8, 4) is 0 Å². The number of benzene rings is 1. The van der Waals surface area contributed by atoms with E-state index in [4.69, 9.17) is 4.74 Å². The van der Waals surface area contributed by atoms with Crippen LogP contribution in [0.4, 0.5) is 5.95 Å². The Morgan fingerprint density at radius 2 is 1.86 bits per heavy atom. The SMILES string of the molecule is CCOC(=O)c1cnc(N2CCCCC2)n(NC(=O)c2ccc(Br)cc2)c1=O. The third-order valence-corrected chi connectivity index (χ3v) is 4.93. The minimum atomic E-state index is -0.767. The summed E-state index contributed by atoms with van der Waals surface area (Å²) in [5.74, 6) is -0.935. The van der Waals surface area contributed by atoms with Crippen LogP contribution in [0.2, 0.25) is 0 Å². The van der Waals surface area contributed by atoms with E-state index in [1.807, 2.05) is 4.90 Å². The predicted octanol–water partition coefficient (Wildman–Crippen LogP) is 2.56. The number of anilines is 1. The quantitative estimate of drug-likeness (QED) is 0.706. The summed E-state index contributed by atoms with van der Waals surface area (Å²) in [5.41, 5.74) is 2.07. The molecular formula is C19H21BrN4O4. The fraction of sp³-hybridized carbons (Fsp3) is 0.368. The van der Waals surface area contributed by atoms with Crippen LogP contribution in [0.1, 0.15) is 46.9 Å². The Hall–Kier alpha value is -2.68. The van der Waals surface area contributed by atoms with Gasteiger partial charge in [-0.05, 0) is 50.5 Å². The molecule has 1 aliphatic rings. The molecule has 0 bridgehead atoms. The summed E-state index contributed by atoms with van der Waals surface area (Å²) in [6.45, 7) is 3.23. The van der Waals surface area contributed by atoms with Crippen molar-refractivity contribution in [2.45, 2.75) is 26.2 Å². The summed E-state index contributed by atoms with van der Waals surface area (Å²) < 4.78 is 6.81. The highest BCUT2D eigenvalue weighted by atomic mass is 79.9. The number of nitrogens with one attached hydrogen (secondary N) is 1. The standard InChI is InChI=1S/C19H21BrN4O4/c1-2-28-18(27)15-12-21-19(23-10-4-3-5-11-23)24(17(15)26)22-16(25)13-6-8-14(20)9-7-13/h6-9,12H,2-5,10-11H2,1H3,(H,22,25). The van der Waals surface area contributed by atoms with E-state index in [1.54, 1.807) is 31.2 Å². The average Bonchev–Trinajstić information content (AvgIpc) is 2.70. The van der Waals surface area contributed by atoms with Crippen LogP contribution in [0.5, 0.6) is 0 Å². The van der Waals surface area contributed by atoms with Gasteiger partial charge < -0.3 is 9.64 Å². The fourth-order valence-electron chi connectivity index (χ4n) is 2.98. The maximum atomic E-state index is 12.9.